The zero-order valence-corrected chi connectivity index (χ0v) is 12.2. The number of nitrogens with one attached hydrogen (secondary N) is 1. The minimum atomic E-state index is 0.406. The van der Waals surface area contributed by atoms with E-state index in [-0.39, 0.29) is 0 Å². The molecule has 0 aliphatic heterocycles. The van der Waals surface area contributed by atoms with Crippen molar-refractivity contribution >= 4 is 27.3 Å². The molecule has 1 unspecified atom stereocenters. The first kappa shape index (κ1) is 12.8. The Labute approximate surface area is 115 Å². The van der Waals surface area contributed by atoms with Crippen LogP contribution in [0.4, 0.5) is 0 Å². The highest BCUT2D eigenvalue weighted by Crippen LogP contribution is 2.16. The zero-order valence-electron chi connectivity index (χ0n) is 9.82. The first-order valence-electron chi connectivity index (χ1n) is 5.77. The minimum Gasteiger partial charge on any atom is -0.310 e. The Balaban J connectivity index is 1.81. The normalized spacial score (nSPS) is 12.6. The third kappa shape index (κ3) is 3.95. The van der Waals surface area contributed by atoms with Gasteiger partial charge in [0.05, 0.1) is 0 Å². The number of hydrogen-bond acceptors (Lipinski definition) is 2. The van der Waals surface area contributed by atoms with E-state index >= 15 is 0 Å². The Bertz CT molecular complexity index is 436. The molecule has 0 aliphatic carbocycles. The summed E-state index contributed by atoms with van der Waals surface area (Å²) in [6, 6.07) is 13.2. The molecule has 3 heteroatoms. The van der Waals surface area contributed by atoms with E-state index in [0.717, 1.165) is 17.4 Å². The second-order valence-corrected chi connectivity index (χ2v) is 6.00. The molecule has 0 fully saturated rings. The highest BCUT2D eigenvalue weighted by molar-refractivity contribution is 9.10. The van der Waals surface area contributed by atoms with Gasteiger partial charge in [0.1, 0.15) is 0 Å². The van der Waals surface area contributed by atoms with Crippen LogP contribution in [0, 0.1) is 0 Å². The molecule has 0 saturated carbocycles. The van der Waals surface area contributed by atoms with Crippen LogP contribution >= 0.6 is 27.3 Å². The van der Waals surface area contributed by atoms with Crippen molar-refractivity contribution in [2.24, 2.45) is 0 Å². The molecule has 1 aromatic heterocycles. The molecule has 17 heavy (non-hydrogen) atoms. The maximum absolute atomic E-state index is 3.55. The molecule has 1 aromatic carbocycles. The summed E-state index contributed by atoms with van der Waals surface area (Å²) in [7, 11) is 0. The molecule has 2 rings (SSSR count). The van der Waals surface area contributed by atoms with Gasteiger partial charge in [-0.25, -0.2) is 0 Å². The summed E-state index contributed by atoms with van der Waals surface area (Å²) >= 11 is 5.28. The average Bonchev–Trinajstić information content (AvgIpc) is 2.83. The molecule has 1 nitrogen and oxygen atoms in total. The van der Waals surface area contributed by atoms with E-state index in [4.69, 9.17) is 0 Å². The van der Waals surface area contributed by atoms with Gasteiger partial charge in [-0.15, -0.1) is 11.3 Å². The van der Waals surface area contributed by atoms with E-state index in [2.05, 4.69) is 69.9 Å². The summed E-state index contributed by atoms with van der Waals surface area (Å²) < 4.78 is 1.13. The number of halogens is 1. The van der Waals surface area contributed by atoms with Crippen molar-refractivity contribution in [3.8, 4) is 0 Å². The summed E-state index contributed by atoms with van der Waals surface area (Å²) in [4.78, 5) is 1.44. The van der Waals surface area contributed by atoms with Crippen LogP contribution in [-0.4, -0.2) is 6.54 Å². The number of thiophene rings is 1. The average molecular weight is 310 g/mol. The third-order valence-electron chi connectivity index (χ3n) is 2.77. The quantitative estimate of drug-likeness (QED) is 0.863. The molecule has 0 saturated heterocycles. The predicted molar refractivity (Wildman–Crippen MR) is 78.6 cm³/mol. The van der Waals surface area contributed by atoms with Crippen molar-refractivity contribution in [1.82, 2.24) is 5.32 Å². The van der Waals surface area contributed by atoms with Gasteiger partial charge in [-0.2, -0.15) is 0 Å². The van der Waals surface area contributed by atoms with E-state index in [1.807, 2.05) is 11.3 Å². The van der Waals surface area contributed by atoms with Crippen molar-refractivity contribution in [1.29, 1.82) is 0 Å². The minimum absolute atomic E-state index is 0.406. The van der Waals surface area contributed by atoms with Crippen LogP contribution in [0.1, 0.15) is 23.4 Å². The van der Waals surface area contributed by atoms with Crippen LogP contribution in [0.2, 0.25) is 0 Å². The first-order valence-corrected chi connectivity index (χ1v) is 7.44. The molecule has 0 bridgehead atoms. The number of hydrogen-bond donors (Lipinski definition) is 1. The Morgan fingerprint density at radius 2 is 2.00 bits per heavy atom. The van der Waals surface area contributed by atoms with Gasteiger partial charge in [0, 0.05) is 21.9 Å². The Kier molecular flexibility index (Phi) is 4.77. The lowest BCUT2D eigenvalue weighted by molar-refractivity contribution is 0.578. The maximum atomic E-state index is 3.55. The van der Waals surface area contributed by atoms with E-state index in [1.165, 1.54) is 10.4 Å². The van der Waals surface area contributed by atoms with E-state index in [1.54, 1.807) is 0 Å². The fourth-order valence-electron chi connectivity index (χ4n) is 1.74. The van der Waals surface area contributed by atoms with Crippen molar-refractivity contribution in [3.05, 3.63) is 56.7 Å². The van der Waals surface area contributed by atoms with Crippen molar-refractivity contribution < 1.29 is 0 Å². The molecule has 0 aliphatic rings. The lowest BCUT2D eigenvalue weighted by Gasteiger charge is -2.13. The van der Waals surface area contributed by atoms with Gasteiger partial charge >= 0.3 is 0 Å². The van der Waals surface area contributed by atoms with Gasteiger partial charge in [-0.3, -0.25) is 0 Å². The zero-order chi connectivity index (χ0) is 12.1. The van der Waals surface area contributed by atoms with Crippen LogP contribution < -0.4 is 5.32 Å². The summed E-state index contributed by atoms with van der Waals surface area (Å²) in [6.07, 6.45) is 1.11. The van der Waals surface area contributed by atoms with Gasteiger partial charge in [-0.05, 0) is 42.5 Å². The number of rotatable bonds is 5. The fourth-order valence-corrected chi connectivity index (χ4v) is 2.71. The summed E-state index contributed by atoms with van der Waals surface area (Å²) in [5, 5.41) is 5.68. The smallest absolute Gasteiger partial charge is 0.0291 e. The predicted octanol–water partition coefficient (Wildman–Crippen LogP) is 4.40. The topological polar surface area (TPSA) is 12.0 Å². The lowest BCUT2D eigenvalue weighted by Crippen LogP contribution is -2.21. The molecule has 0 spiro atoms. The molecule has 0 radical (unpaired) electrons. The molecule has 1 heterocycles. The highest BCUT2D eigenvalue weighted by atomic mass is 79.9. The largest absolute Gasteiger partial charge is 0.310 e. The SMILES string of the molecule is CC(NCCc1cccs1)c1ccc(Br)cc1. The first-order chi connectivity index (χ1) is 8.25. The van der Waals surface area contributed by atoms with Gasteiger partial charge in [0.2, 0.25) is 0 Å². The summed E-state index contributed by atoms with van der Waals surface area (Å²) in [5.74, 6) is 0. The second-order valence-electron chi connectivity index (χ2n) is 4.06. The fraction of sp³-hybridized carbons (Fsp3) is 0.286. The molecule has 1 N–H and O–H groups in total. The molecular weight excluding hydrogens is 294 g/mol. The molecule has 1 atom stereocenters. The standard InChI is InChI=1S/C14H16BrNS/c1-11(12-4-6-13(15)7-5-12)16-9-8-14-3-2-10-17-14/h2-7,10-11,16H,8-9H2,1H3. The van der Waals surface area contributed by atoms with E-state index in [9.17, 15) is 0 Å². The molecular formula is C14H16BrNS. The molecule has 2 aromatic rings. The second kappa shape index (κ2) is 6.34. The summed E-state index contributed by atoms with van der Waals surface area (Å²) in [5.41, 5.74) is 1.33. The van der Waals surface area contributed by atoms with Gasteiger partial charge in [0.25, 0.3) is 0 Å². The molecule has 0 amide bonds. The van der Waals surface area contributed by atoms with Crippen LogP contribution in [-0.2, 0) is 6.42 Å². The van der Waals surface area contributed by atoms with E-state index in [0.29, 0.717) is 6.04 Å². The van der Waals surface area contributed by atoms with Gasteiger partial charge in [0.15, 0.2) is 0 Å². The summed E-state index contributed by atoms with van der Waals surface area (Å²) in [6.45, 7) is 3.23. The van der Waals surface area contributed by atoms with Crippen LogP contribution in [0.5, 0.6) is 0 Å². The molecule has 90 valence electrons. The monoisotopic (exact) mass is 309 g/mol. The van der Waals surface area contributed by atoms with Crippen molar-refractivity contribution in [2.75, 3.05) is 6.54 Å². The van der Waals surface area contributed by atoms with Crippen LogP contribution in [0.3, 0.4) is 0 Å². The Hall–Kier alpha value is -0.640. The van der Waals surface area contributed by atoms with Crippen LogP contribution in [0.25, 0.3) is 0 Å². The van der Waals surface area contributed by atoms with Crippen LogP contribution in [0.15, 0.2) is 46.3 Å². The maximum Gasteiger partial charge on any atom is 0.0291 e. The lowest BCUT2D eigenvalue weighted by atomic mass is 10.1. The van der Waals surface area contributed by atoms with E-state index < -0.39 is 0 Å². The number of benzene rings is 1. The highest BCUT2D eigenvalue weighted by Gasteiger charge is 2.04. The van der Waals surface area contributed by atoms with Gasteiger partial charge in [-0.1, -0.05) is 34.1 Å². The van der Waals surface area contributed by atoms with Crippen molar-refractivity contribution in [3.63, 3.8) is 0 Å². The Morgan fingerprint density at radius 3 is 2.65 bits per heavy atom. The third-order valence-corrected chi connectivity index (χ3v) is 4.24. The van der Waals surface area contributed by atoms with Crippen molar-refractivity contribution in [2.45, 2.75) is 19.4 Å². The van der Waals surface area contributed by atoms with Gasteiger partial charge < -0.3 is 5.32 Å². The Morgan fingerprint density at radius 1 is 1.24 bits per heavy atom.